The molecule has 0 atom stereocenters. The standard InChI is InChI=1S/C43H44BrCl3N10O4/c44-31-25-56(38-33(46)2-1-3-34(38)47)40(60)30-22-48-41(52-37(30)31)50-28-21-49-57(24-28)29-8-15-53(16-9-29)23-26-6-11-43(12-7-26)13-18-54(19-14-43)39(59)27-4-5-32(45)35(20-27)55-17-10-36(58)51-42(55)61/h1-5,20-22,24-26,29H,6-19,23H2,(H,48,50,52)(H,51,58,61). The van der Waals surface area contributed by atoms with Gasteiger partial charge in [0.15, 0.2) is 0 Å². The summed E-state index contributed by atoms with van der Waals surface area (Å²) in [4.78, 5) is 66.2. The Morgan fingerprint density at radius 1 is 0.885 bits per heavy atom. The molecule has 5 aromatic rings. The molecule has 0 unspecified atom stereocenters. The Kier molecular flexibility index (Phi) is 11.9. The minimum Gasteiger partial charge on any atom is -0.339 e. The molecule has 0 radical (unpaired) electrons. The van der Waals surface area contributed by atoms with Gasteiger partial charge in [0.2, 0.25) is 11.9 Å². The molecule has 0 bridgehead atoms. The molecular weight excluding hydrogens is 907 g/mol. The van der Waals surface area contributed by atoms with Gasteiger partial charge >= 0.3 is 6.03 Å². The first kappa shape index (κ1) is 41.8. The SMILES string of the molecule is O=C1CCN(c2cc(C(=O)N3CCC4(CCC(CN5CCC(n6cc(Nc7ncc8c(=O)n(-c9c(Cl)cccc9Cl)cc(Br)c8n7)cn6)CC5)CC4)CC3)ccc2Cl)C(=O)N1. The lowest BCUT2D eigenvalue weighted by Gasteiger charge is -2.47. The van der Waals surface area contributed by atoms with Gasteiger partial charge < -0.3 is 15.1 Å². The zero-order chi connectivity index (χ0) is 42.4. The van der Waals surface area contributed by atoms with E-state index < -0.39 is 6.03 Å². The fraction of sp³-hybridized carbons (Fsp3) is 0.419. The van der Waals surface area contributed by atoms with Crippen LogP contribution in [0.1, 0.15) is 74.2 Å². The maximum absolute atomic E-state index is 13.6. The lowest BCUT2D eigenvalue weighted by atomic mass is 9.65. The second-order valence-corrected chi connectivity index (χ2v) is 18.8. The number of piperidine rings is 2. The molecule has 1 aliphatic carbocycles. The van der Waals surface area contributed by atoms with Gasteiger partial charge in [0.25, 0.3) is 11.5 Å². The Balaban J connectivity index is 0.738. The Bertz CT molecular complexity index is 2560. The van der Waals surface area contributed by atoms with Gasteiger partial charge in [0.1, 0.15) is 0 Å². The van der Waals surface area contributed by atoms with Crippen molar-refractivity contribution in [1.29, 1.82) is 0 Å². The summed E-state index contributed by atoms with van der Waals surface area (Å²) in [5.74, 6) is 0.656. The third-order valence-electron chi connectivity index (χ3n) is 13.0. The number of pyridine rings is 1. The van der Waals surface area contributed by atoms with Crippen LogP contribution in [0.25, 0.3) is 16.6 Å². The van der Waals surface area contributed by atoms with Crippen LogP contribution in [0.4, 0.5) is 22.1 Å². The van der Waals surface area contributed by atoms with Crippen LogP contribution in [0, 0.1) is 11.3 Å². The normalized spacial score (nSPS) is 19.1. The van der Waals surface area contributed by atoms with Crippen molar-refractivity contribution in [2.75, 3.05) is 49.5 Å². The Morgan fingerprint density at radius 3 is 2.34 bits per heavy atom. The van der Waals surface area contributed by atoms with Crippen molar-refractivity contribution >= 4 is 96.8 Å². The third-order valence-corrected chi connectivity index (χ3v) is 14.5. The number of nitrogens with zero attached hydrogens (tertiary/aromatic N) is 8. The second-order valence-electron chi connectivity index (χ2n) is 16.7. The molecule has 3 aromatic heterocycles. The van der Waals surface area contributed by atoms with Crippen molar-refractivity contribution in [3.05, 3.63) is 96.6 Å². The number of rotatable bonds is 8. The first-order valence-corrected chi connectivity index (χ1v) is 22.6. The van der Waals surface area contributed by atoms with Crippen molar-refractivity contribution < 1.29 is 14.4 Å². The maximum Gasteiger partial charge on any atom is 0.328 e. The number of aromatic nitrogens is 5. The van der Waals surface area contributed by atoms with Crippen LogP contribution in [-0.2, 0) is 4.79 Å². The van der Waals surface area contributed by atoms with Crippen molar-refractivity contribution in [1.82, 2.24) is 39.4 Å². The first-order valence-electron chi connectivity index (χ1n) is 20.7. The number of fused-ring (bicyclic) bond motifs is 1. The number of hydrogen-bond acceptors (Lipinski definition) is 9. The highest BCUT2D eigenvalue weighted by Gasteiger charge is 2.40. The fourth-order valence-electron chi connectivity index (χ4n) is 9.48. The Hall–Kier alpha value is -4.54. The van der Waals surface area contributed by atoms with Gasteiger partial charge in [-0.15, -0.1) is 0 Å². The van der Waals surface area contributed by atoms with E-state index in [0.29, 0.717) is 65.3 Å². The molecule has 9 rings (SSSR count). The van der Waals surface area contributed by atoms with Crippen molar-refractivity contribution in [3.8, 4) is 5.69 Å². The molecule has 14 nitrogen and oxygen atoms in total. The molecule has 61 heavy (non-hydrogen) atoms. The molecule has 3 saturated heterocycles. The highest BCUT2D eigenvalue weighted by atomic mass is 79.9. The summed E-state index contributed by atoms with van der Waals surface area (Å²) in [6, 6.07) is 9.90. The second kappa shape index (κ2) is 17.3. The largest absolute Gasteiger partial charge is 0.339 e. The Morgan fingerprint density at radius 2 is 1.62 bits per heavy atom. The summed E-state index contributed by atoms with van der Waals surface area (Å²) in [6.45, 7) is 4.83. The summed E-state index contributed by atoms with van der Waals surface area (Å²) in [5.41, 5.74) is 2.52. The summed E-state index contributed by atoms with van der Waals surface area (Å²) in [5, 5.41) is 11.7. The van der Waals surface area contributed by atoms with Gasteiger partial charge in [0, 0.05) is 69.8 Å². The van der Waals surface area contributed by atoms with E-state index in [9.17, 15) is 19.2 Å². The molecule has 4 fully saturated rings. The highest BCUT2D eigenvalue weighted by molar-refractivity contribution is 9.10. The van der Waals surface area contributed by atoms with E-state index in [1.54, 1.807) is 48.8 Å². The van der Waals surface area contributed by atoms with Crippen molar-refractivity contribution in [2.24, 2.45) is 11.3 Å². The minimum absolute atomic E-state index is 0.0521. The number of carbonyl (C=O) groups is 3. The number of hydrogen-bond donors (Lipinski definition) is 2. The number of carbonyl (C=O) groups excluding carboxylic acids is 3. The number of anilines is 3. The Labute approximate surface area is 375 Å². The molecule has 4 amide bonds. The van der Waals surface area contributed by atoms with Crippen LogP contribution in [-0.4, -0.2) is 91.2 Å². The van der Waals surface area contributed by atoms with Gasteiger partial charge in [0.05, 0.1) is 59.7 Å². The first-order chi connectivity index (χ1) is 29.4. The lowest BCUT2D eigenvalue weighted by Crippen LogP contribution is -2.49. The average molecular weight is 951 g/mol. The molecule has 318 valence electrons. The van der Waals surface area contributed by atoms with E-state index in [2.05, 4.69) is 46.5 Å². The van der Waals surface area contributed by atoms with Gasteiger partial charge in [-0.25, -0.2) is 14.8 Å². The van der Waals surface area contributed by atoms with Crippen LogP contribution >= 0.6 is 50.7 Å². The number of amides is 4. The molecular formula is C43H44BrCl3N10O4. The quantitative estimate of drug-likeness (QED) is 0.156. The monoisotopic (exact) mass is 948 g/mol. The maximum atomic E-state index is 13.6. The predicted molar refractivity (Wildman–Crippen MR) is 240 cm³/mol. The fourth-order valence-corrected chi connectivity index (χ4v) is 10.8. The molecule has 6 heterocycles. The van der Waals surface area contributed by atoms with Crippen molar-refractivity contribution in [2.45, 2.75) is 63.8 Å². The molecule has 18 heteroatoms. The van der Waals surface area contributed by atoms with E-state index in [1.165, 1.54) is 41.3 Å². The van der Waals surface area contributed by atoms with E-state index in [1.807, 2.05) is 15.8 Å². The summed E-state index contributed by atoms with van der Waals surface area (Å²) < 4.78 is 4.03. The van der Waals surface area contributed by atoms with E-state index in [4.69, 9.17) is 34.8 Å². The number of halogens is 4. The summed E-state index contributed by atoms with van der Waals surface area (Å²) in [6.07, 6.45) is 15.9. The number of benzene rings is 2. The predicted octanol–water partition coefficient (Wildman–Crippen LogP) is 8.64. The summed E-state index contributed by atoms with van der Waals surface area (Å²) in [7, 11) is 0. The van der Waals surface area contributed by atoms with Crippen LogP contribution in [0.15, 0.2) is 70.5 Å². The van der Waals surface area contributed by atoms with Gasteiger partial charge in [-0.1, -0.05) is 40.9 Å². The van der Waals surface area contributed by atoms with Gasteiger partial charge in [-0.3, -0.25) is 33.8 Å². The topological polar surface area (TPSA) is 151 Å². The van der Waals surface area contributed by atoms with Gasteiger partial charge in [-0.2, -0.15) is 5.10 Å². The number of urea groups is 1. The number of likely N-dealkylation sites (tertiary alicyclic amines) is 2. The number of nitrogens with one attached hydrogen (secondary N) is 2. The van der Waals surface area contributed by atoms with Crippen LogP contribution in [0.5, 0.6) is 0 Å². The number of para-hydroxylation sites is 1. The third kappa shape index (κ3) is 8.64. The smallest absolute Gasteiger partial charge is 0.328 e. The number of imide groups is 1. The zero-order valence-corrected chi connectivity index (χ0v) is 37.1. The zero-order valence-electron chi connectivity index (χ0n) is 33.3. The molecule has 4 aliphatic rings. The molecule has 3 aliphatic heterocycles. The van der Waals surface area contributed by atoms with E-state index >= 15 is 0 Å². The van der Waals surface area contributed by atoms with Gasteiger partial charge in [-0.05, 0) is 109 Å². The molecule has 2 aromatic carbocycles. The summed E-state index contributed by atoms with van der Waals surface area (Å²) >= 11 is 22.8. The van der Waals surface area contributed by atoms with Crippen LogP contribution < -0.4 is 21.1 Å². The molecule has 1 saturated carbocycles. The van der Waals surface area contributed by atoms with Crippen molar-refractivity contribution in [3.63, 3.8) is 0 Å². The highest BCUT2D eigenvalue weighted by Crippen LogP contribution is 2.47. The average Bonchev–Trinajstić information content (AvgIpc) is 3.72. The van der Waals surface area contributed by atoms with Crippen LogP contribution in [0.2, 0.25) is 15.1 Å². The van der Waals surface area contributed by atoms with Crippen LogP contribution in [0.3, 0.4) is 0 Å². The molecule has 1 spiro atoms. The molecule has 2 N–H and O–H groups in total. The minimum atomic E-state index is -0.524. The lowest BCUT2D eigenvalue weighted by molar-refractivity contribution is -0.120. The van der Waals surface area contributed by atoms with E-state index in [-0.39, 0.29) is 35.8 Å². The van der Waals surface area contributed by atoms with E-state index in [0.717, 1.165) is 64.1 Å².